The Bertz CT molecular complexity index is 210. The number of nitrogens with one attached hydrogen (secondary N) is 1. The van der Waals surface area contributed by atoms with E-state index in [0.29, 0.717) is 6.04 Å². The molecule has 2 rings (SSSR count). The Morgan fingerprint density at radius 1 is 1.38 bits per heavy atom. The molecule has 0 saturated heterocycles. The van der Waals surface area contributed by atoms with Gasteiger partial charge in [-0.3, -0.25) is 11.3 Å². The van der Waals surface area contributed by atoms with Crippen LogP contribution in [0.3, 0.4) is 0 Å². The van der Waals surface area contributed by atoms with Crippen LogP contribution in [0.1, 0.15) is 45.4 Å². The predicted octanol–water partition coefficient (Wildman–Crippen LogP) is 2.07. The zero-order chi connectivity index (χ0) is 11.4. The molecule has 3 N–H and O–H groups in total. The fourth-order valence-corrected chi connectivity index (χ4v) is 3.67. The molecule has 4 atom stereocenters. The molecule has 94 valence electrons. The van der Waals surface area contributed by atoms with Crippen LogP contribution in [0.4, 0.5) is 0 Å². The molecular formula is C13H26N2O. The average molecular weight is 226 g/mol. The SMILES string of the molecule is CCOCCC(CC1CC2CCC1C2)NN. The van der Waals surface area contributed by atoms with E-state index < -0.39 is 0 Å². The second kappa shape index (κ2) is 5.99. The smallest absolute Gasteiger partial charge is 0.0481 e. The average Bonchev–Trinajstić information content (AvgIpc) is 2.89. The predicted molar refractivity (Wildman–Crippen MR) is 65.8 cm³/mol. The minimum atomic E-state index is 0.455. The van der Waals surface area contributed by atoms with Gasteiger partial charge in [-0.1, -0.05) is 6.42 Å². The second-order valence-corrected chi connectivity index (χ2v) is 5.52. The molecule has 2 aliphatic rings. The normalized spacial score (nSPS) is 34.5. The first-order valence-electron chi connectivity index (χ1n) is 6.87. The van der Waals surface area contributed by atoms with Crippen molar-refractivity contribution < 1.29 is 4.74 Å². The van der Waals surface area contributed by atoms with Crippen LogP contribution in [-0.4, -0.2) is 19.3 Å². The maximum absolute atomic E-state index is 5.63. The lowest BCUT2D eigenvalue weighted by atomic mass is 9.84. The molecule has 2 aliphatic carbocycles. The molecular weight excluding hydrogens is 200 g/mol. The number of ether oxygens (including phenoxy) is 1. The lowest BCUT2D eigenvalue weighted by Gasteiger charge is -2.26. The number of hydrogen-bond acceptors (Lipinski definition) is 3. The summed E-state index contributed by atoms with van der Waals surface area (Å²) >= 11 is 0. The van der Waals surface area contributed by atoms with Crippen LogP contribution in [0.2, 0.25) is 0 Å². The molecule has 0 spiro atoms. The molecule has 2 bridgehead atoms. The third kappa shape index (κ3) is 2.96. The standard InChI is InChI=1S/C13H26N2O/c1-2-16-6-5-13(15-14)9-12-8-10-3-4-11(12)7-10/h10-13,15H,2-9,14H2,1H3. The quantitative estimate of drug-likeness (QED) is 0.397. The van der Waals surface area contributed by atoms with Crippen molar-refractivity contribution in [2.45, 2.75) is 51.5 Å². The van der Waals surface area contributed by atoms with Crippen LogP contribution >= 0.6 is 0 Å². The fourth-order valence-electron chi connectivity index (χ4n) is 3.67. The van der Waals surface area contributed by atoms with Crippen LogP contribution in [-0.2, 0) is 4.74 Å². The van der Waals surface area contributed by atoms with Crippen LogP contribution in [0.25, 0.3) is 0 Å². The highest BCUT2D eigenvalue weighted by Crippen LogP contribution is 2.49. The maximum Gasteiger partial charge on any atom is 0.0481 e. The van der Waals surface area contributed by atoms with Gasteiger partial charge < -0.3 is 4.74 Å². The minimum Gasteiger partial charge on any atom is -0.382 e. The van der Waals surface area contributed by atoms with Crippen LogP contribution in [0, 0.1) is 17.8 Å². The van der Waals surface area contributed by atoms with Crippen molar-refractivity contribution in [1.29, 1.82) is 0 Å². The summed E-state index contributed by atoms with van der Waals surface area (Å²) in [5.41, 5.74) is 2.97. The van der Waals surface area contributed by atoms with E-state index in [1.165, 1.54) is 32.1 Å². The Balaban J connectivity index is 1.70. The molecule has 0 heterocycles. The van der Waals surface area contributed by atoms with E-state index in [-0.39, 0.29) is 0 Å². The molecule has 3 heteroatoms. The molecule has 2 saturated carbocycles. The third-order valence-electron chi connectivity index (χ3n) is 4.52. The summed E-state index contributed by atoms with van der Waals surface area (Å²) < 4.78 is 5.40. The zero-order valence-corrected chi connectivity index (χ0v) is 10.5. The van der Waals surface area contributed by atoms with Gasteiger partial charge in [0.25, 0.3) is 0 Å². The van der Waals surface area contributed by atoms with Gasteiger partial charge in [-0.2, -0.15) is 0 Å². The van der Waals surface area contributed by atoms with Gasteiger partial charge in [-0.25, -0.2) is 0 Å². The van der Waals surface area contributed by atoms with Gasteiger partial charge >= 0.3 is 0 Å². The van der Waals surface area contributed by atoms with Crippen molar-refractivity contribution in [2.24, 2.45) is 23.6 Å². The molecule has 0 amide bonds. The third-order valence-corrected chi connectivity index (χ3v) is 4.52. The molecule has 0 aliphatic heterocycles. The van der Waals surface area contributed by atoms with Crippen LogP contribution in [0.5, 0.6) is 0 Å². The Morgan fingerprint density at radius 2 is 2.25 bits per heavy atom. The maximum atomic E-state index is 5.63. The van der Waals surface area contributed by atoms with E-state index in [0.717, 1.165) is 37.4 Å². The van der Waals surface area contributed by atoms with Gasteiger partial charge in [0.2, 0.25) is 0 Å². The molecule has 0 aromatic carbocycles. The van der Waals surface area contributed by atoms with Gasteiger partial charge in [0.1, 0.15) is 0 Å². The van der Waals surface area contributed by atoms with Gasteiger partial charge in [0, 0.05) is 19.3 Å². The Morgan fingerprint density at radius 3 is 2.81 bits per heavy atom. The number of rotatable bonds is 7. The minimum absolute atomic E-state index is 0.455. The zero-order valence-electron chi connectivity index (χ0n) is 10.5. The first-order valence-corrected chi connectivity index (χ1v) is 6.87. The molecule has 0 aromatic heterocycles. The fraction of sp³-hybridized carbons (Fsp3) is 1.00. The van der Waals surface area contributed by atoms with E-state index in [4.69, 9.17) is 10.6 Å². The van der Waals surface area contributed by atoms with Crippen LogP contribution in [0.15, 0.2) is 0 Å². The highest BCUT2D eigenvalue weighted by Gasteiger charge is 2.39. The monoisotopic (exact) mass is 226 g/mol. The molecule has 4 unspecified atom stereocenters. The van der Waals surface area contributed by atoms with E-state index >= 15 is 0 Å². The van der Waals surface area contributed by atoms with Gasteiger partial charge in [0.15, 0.2) is 0 Å². The van der Waals surface area contributed by atoms with Crippen molar-refractivity contribution in [3.05, 3.63) is 0 Å². The summed E-state index contributed by atoms with van der Waals surface area (Å²) in [7, 11) is 0. The summed E-state index contributed by atoms with van der Waals surface area (Å²) in [4.78, 5) is 0. The summed E-state index contributed by atoms with van der Waals surface area (Å²) in [5, 5.41) is 0. The van der Waals surface area contributed by atoms with Crippen LogP contribution < -0.4 is 11.3 Å². The summed E-state index contributed by atoms with van der Waals surface area (Å²) in [6.07, 6.45) is 8.22. The first-order chi connectivity index (χ1) is 7.83. The van der Waals surface area contributed by atoms with Crippen molar-refractivity contribution >= 4 is 0 Å². The lowest BCUT2D eigenvalue weighted by molar-refractivity contribution is 0.130. The summed E-state index contributed by atoms with van der Waals surface area (Å²) in [6, 6.07) is 0.455. The Hall–Kier alpha value is -0.120. The Labute approximate surface area is 99.1 Å². The van der Waals surface area contributed by atoms with Crippen molar-refractivity contribution in [3.8, 4) is 0 Å². The highest BCUT2D eigenvalue weighted by molar-refractivity contribution is 4.91. The number of nitrogens with two attached hydrogens (primary N) is 1. The van der Waals surface area contributed by atoms with E-state index in [2.05, 4.69) is 5.43 Å². The van der Waals surface area contributed by atoms with Crippen molar-refractivity contribution in [1.82, 2.24) is 5.43 Å². The highest BCUT2D eigenvalue weighted by atomic mass is 16.5. The van der Waals surface area contributed by atoms with Gasteiger partial charge in [-0.15, -0.1) is 0 Å². The molecule has 0 aromatic rings. The molecule has 3 nitrogen and oxygen atoms in total. The number of fused-ring (bicyclic) bond motifs is 2. The van der Waals surface area contributed by atoms with E-state index in [9.17, 15) is 0 Å². The van der Waals surface area contributed by atoms with E-state index in [1.54, 1.807) is 0 Å². The largest absolute Gasteiger partial charge is 0.382 e. The lowest BCUT2D eigenvalue weighted by Crippen LogP contribution is -2.38. The molecule has 2 fully saturated rings. The topological polar surface area (TPSA) is 47.3 Å². The number of hydrogen-bond donors (Lipinski definition) is 2. The van der Waals surface area contributed by atoms with Crippen molar-refractivity contribution in [3.63, 3.8) is 0 Å². The molecule has 0 radical (unpaired) electrons. The first kappa shape index (κ1) is 12.3. The summed E-state index contributed by atoms with van der Waals surface area (Å²) in [6.45, 7) is 3.69. The Kier molecular flexibility index (Phi) is 4.62. The van der Waals surface area contributed by atoms with E-state index in [1.807, 2.05) is 6.92 Å². The number of hydrazine groups is 1. The van der Waals surface area contributed by atoms with Gasteiger partial charge in [-0.05, 0) is 56.8 Å². The van der Waals surface area contributed by atoms with Crippen molar-refractivity contribution in [2.75, 3.05) is 13.2 Å². The molecule has 16 heavy (non-hydrogen) atoms. The summed E-state index contributed by atoms with van der Waals surface area (Å²) in [5.74, 6) is 8.61. The second-order valence-electron chi connectivity index (χ2n) is 5.52. The van der Waals surface area contributed by atoms with Gasteiger partial charge in [0.05, 0.1) is 0 Å².